The van der Waals surface area contributed by atoms with Crippen LogP contribution < -0.4 is 0 Å². The second kappa shape index (κ2) is 6.97. The minimum absolute atomic E-state index is 0.985. The molecule has 2 saturated heterocycles. The average Bonchev–Trinajstić information content (AvgIpc) is 2.81. The number of hydrogen-bond acceptors (Lipinski definition) is 2. The van der Waals surface area contributed by atoms with Gasteiger partial charge in [0.2, 0.25) is 0 Å². The van der Waals surface area contributed by atoms with E-state index in [1.54, 1.807) is 0 Å². The first-order chi connectivity index (χ1) is 7.88. The van der Waals surface area contributed by atoms with Crippen molar-refractivity contribution < 1.29 is 0 Å². The molecule has 0 aliphatic carbocycles. The highest BCUT2D eigenvalue weighted by atomic mass is 79.9. The minimum Gasteiger partial charge on any atom is -0.303 e. The molecule has 2 heterocycles. The third-order valence-electron chi connectivity index (χ3n) is 4.03. The Balaban J connectivity index is 1.60. The van der Waals surface area contributed by atoms with Crippen molar-refractivity contribution in [3.8, 4) is 0 Å². The van der Waals surface area contributed by atoms with Crippen LogP contribution in [0.1, 0.15) is 32.1 Å². The normalized spacial score (nSPS) is 25.3. The van der Waals surface area contributed by atoms with Gasteiger partial charge in [0.25, 0.3) is 0 Å². The molecule has 0 spiro atoms. The standard InChI is InChI=1S/C13H25BrN2/c14-6-3-9-15-10-4-13(5-11-15)12-16-7-1-2-8-16/h13H,1-12H2. The first-order valence-corrected chi connectivity index (χ1v) is 8.01. The van der Waals surface area contributed by atoms with E-state index in [1.165, 1.54) is 71.4 Å². The Bertz CT molecular complexity index is 184. The summed E-state index contributed by atoms with van der Waals surface area (Å²) in [5, 5.41) is 1.15. The summed E-state index contributed by atoms with van der Waals surface area (Å²) < 4.78 is 0. The van der Waals surface area contributed by atoms with Gasteiger partial charge in [0, 0.05) is 11.9 Å². The second-order valence-corrected chi connectivity index (χ2v) is 6.13. The number of nitrogens with zero attached hydrogens (tertiary/aromatic N) is 2. The van der Waals surface area contributed by atoms with Gasteiger partial charge in [0.05, 0.1) is 0 Å². The van der Waals surface area contributed by atoms with Gasteiger partial charge < -0.3 is 9.80 Å². The van der Waals surface area contributed by atoms with Crippen molar-refractivity contribution in [2.45, 2.75) is 32.1 Å². The summed E-state index contributed by atoms with van der Waals surface area (Å²) >= 11 is 3.51. The van der Waals surface area contributed by atoms with Crippen LogP contribution in [-0.4, -0.2) is 54.4 Å². The van der Waals surface area contributed by atoms with Crippen LogP contribution in [-0.2, 0) is 0 Å². The zero-order valence-corrected chi connectivity index (χ0v) is 11.9. The lowest BCUT2D eigenvalue weighted by molar-refractivity contribution is 0.154. The Labute approximate surface area is 108 Å². The molecule has 3 heteroatoms. The first kappa shape index (κ1) is 12.8. The van der Waals surface area contributed by atoms with Crippen molar-refractivity contribution in [3.05, 3.63) is 0 Å². The molecular weight excluding hydrogens is 264 g/mol. The first-order valence-electron chi connectivity index (χ1n) is 6.89. The fourth-order valence-electron chi connectivity index (χ4n) is 3.01. The third kappa shape index (κ3) is 4.01. The fourth-order valence-corrected chi connectivity index (χ4v) is 3.26. The maximum absolute atomic E-state index is 3.51. The summed E-state index contributed by atoms with van der Waals surface area (Å²) in [6, 6.07) is 0. The number of halogens is 1. The lowest BCUT2D eigenvalue weighted by Crippen LogP contribution is -2.38. The Kier molecular flexibility index (Phi) is 5.60. The average molecular weight is 289 g/mol. The van der Waals surface area contributed by atoms with E-state index < -0.39 is 0 Å². The van der Waals surface area contributed by atoms with Gasteiger partial charge in [-0.2, -0.15) is 0 Å². The molecule has 0 saturated carbocycles. The van der Waals surface area contributed by atoms with Gasteiger partial charge in [0.1, 0.15) is 0 Å². The van der Waals surface area contributed by atoms with Crippen LogP contribution in [0.3, 0.4) is 0 Å². The fraction of sp³-hybridized carbons (Fsp3) is 1.00. The molecule has 16 heavy (non-hydrogen) atoms. The van der Waals surface area contributed by atoms with Crippen LogP contribution in [0.2, 0.25) is 0 Å². The molecule has 0 aromatic rings. The largest absolute Gasteiger partial charge is 0.303 e. The van der Waals surface area contributed by atoms with Crippen molar-refractivity contribution in [1.82, 2.24) is 9.80 Å². The zero-order valence-electron chi connectivity index (χ0n) is 10.3. The minimum atomic E-state index is 0.985. The van der Waals surface area contributed by atoms with Crippen molar-refractivity contribution >= 4 is 15.9 Å². The smallest absolute Gasteiger partial charge is 0.00434 e. The molecule has 0 aromatic carbocycles. The Morgan fingerprint density at radius 2 is 1.62 bits per heavy atom. The topological polar surface area (TPSA) is 6.48 Å². The highest BCUT2D eigenvalue weighted by Gasteiger charge is 2.22. The molecule has 0 aromatic heterocycles. The van der Waals surface area contributed by atoms with Gasteiger partial charge in [-0.25, -0.2) is 0 Å². The zero-order chi connectivity index (χ0) is 11.2. The second-order valence-electron chi connectivity index (χ2n) is 5.34. The highest BCUT2D eigenvalue weighted by molar-refractivity contribution is 9.09. The van der Waals surface area contributed by atoms with Crippen molar-refractivity contribution in [1.29, 1.82) is 0 Å². The molecule has 0 atom stereocenters. The van der Waals surface area contributed by atoms with Crippen molar-refractivity contribution in [2.24, 2.45) is 5.92 Å². The molecule has 2 aliphatic heterocycles. The molecule has 0 unspecified atom stereocenters. The molecule has 0 amide bonds. The van der Waals surface area contributed by atoms with E-state index in [0.717, 1.165) is 11.2 Å². The summed E-state index contributed by atoms with van der Waals surface area (Å²) in [6.45, 7) is 8.08. The number of alkyl halides is 1. The van der Waals surface area contributed by atoms with E-state index in [4.69, 9.17) is 0 Å². The Hall–Kier alpha value is 0.400. The van der Waals surface area contributed by atoms with Crippen LogP contribution in [0.5, 0.6) is 0 Å². The van der Waals surface area contributed by atoms with Crippen molar-refractivity contribution in [3.63, 3.8) is 0 Å². The Morgan fingerprint density at radius 1 is 0.938 bits per heavy atom. The van der Waals surface area contributed by atoms with Crippen LogP contribution in [0.25, 0.3) is 0 Å². The van der Waals surface area contributed by atoms with E-state index in [1.807, 2.05) is 0 Å². The number of likely N-dealkylation sites (tertiary alicyclic amines) is 2. The maximum atomic E-state index is 3.51. The highest BCUT2D eigenvalue weighted by Crippen LogP contribution is 2.20. The summed E-state index contributed by atoms with van der Waals surface area (Å²) in [4.78, 5) is 5.32. The van der Waals surface area contributed by atoms with Crippen molar-refractivity contribution in [2.75, 3.05) is 44.6 Å². The van der Waals surface area contributed by atoms with E-state index in [-0.39, 0.29) is 0 Å². The van der Waals surface area contributed by atoms with Gasteiger partial charge in [-0.1, -0.05) is 15.9 Å². The van der Waals surface area contributed by atoms with Gasteiger partial charge in [-0.15, -0.1) is 0 Å². The van der Waals surface area contributed by atoms with Gasteiger partial charge in [-0.3, -0.25) is 0 Å². The monoisotopic (exact) mass is 288 g/mol. The van der Waals surface area contributed by atoms with Crippen LogP contribution in [0.4, 0.5) is 0 Å². The predicted molar refractivity (Wildman–Crippen MR) is 73.2 cm³/mol. The molecule has 2 aliphatic rings. The van der Waals surface area contributed by atoms with Gasteiger partial charge >= 0.3 is 0 Å². The molecule has 0 bridgehead atoms. The molecule has 94 valence electrons. The molecule has 2 fully saturated rings. The SMILES string of the molecule is BrCCCN1CCC(CN2CCCC2)CC1. The molecule has 2 nitrogen and oxygen atoms in total. The van der Waals surface area contributed by atoms with Gasteiger partial charge in [-0.05, 0) is 70.7 Å². The summed E-state index contributed by atoms with van der Waals surface area (Å²) in [5.41, 5.74) is 0. The lowest BCUT2D eigenvalue weighted by Gasteiger charge is -2.33. The quantitative estimate of drug-likeness (QED) is 0.718. The maximum Gasteiger partial charge on any atom is 0.00434 e. The summed E-state index contributed by atoms with van der Waals surface area (Å²) in [7, 11) is 0. The van der Waals surface area contributed by atoms with E-state index in [0.29, 0.717) is 0 Å². The number of hydrogen-bond donors (Lipinski definition) is 0. The lowest BCUT2D eigenvalue weighted by atomic mass is 9.96. The predicted octanol–water partition coefficient (Wildman–Crippen LogP) is 2.58. The van der Waals surface area contributed by atoms with Crippen LogP contribution in [0, 0.1) is 5.92 Å². The number of rotatable bonds is 5. The number of piperidine rings is 1. The van der Waals surface area contributed by atoms with Gasteiger partial charge in [0.15, 0.2) is 0 Å². The summed E-state index contributed by atoms with van der Waals surface area (Å²) in [6.07, 6.45) is 7.03. The summed E-state index contributed by atoms with van der Waals surface area (Å²) in [5.74, 6) is 0.985. The van der Waals surface area contributed by atoms with Crippen LogP contribution >= 0.6 is 15.9 Å². The molecule has 0 N–H and O–H groups in total. The third-order valence-corrected chi connectivity index (χ3v) is 4.59. The molecular formula is C13H25BrN2. The van der Waals surface area contributed by atoms with Crippen LogP contribution in [0.15, 0.2) is 0 Å². The van der Waals surface area contributed by atoms with E-state index >= 15 is 0 Å². The van der Waals surface area contributed by atoms with E-state index in [2.05, 4.69) is 25.7 Å². The molecule has 2 rings (SSSR count). The van der Waals surface area contributed by atoms with E-state index in [9.17, 15) is 0 Å². The Morgan fingerprint density at radius 3 is 2.25 bits per heavy atom. The molecule has 0 radical (unpaired) electrons.